The van der Waals surface area contributed by atoms with Crippen molar-refractivity contribution >= 4 is 11.5 Å². The number of aryl methyl sites for hydroxylation is 1. The number of aliphatic hydroxyl groups is 1. The van der Waals surface area contributed by atoms with Gasteiger partial charge in [0.15, 0.2) is 0 Å². The van der Waals surface area contributed by atoms with Gasteiger partial charge in [-0.3, -0.25) is 10.1 Å². The average molecular weight is 209 g/mol. The van der Waals surface area contributed by atoms with Gasteiger partial charge in [-0.2, -0.15) is 0 Å². The predicted octanol–water partition coefficient (Wildman–Crippen LogP) is 0.479. The Morgan fingerprint density at radius 3 is 2.80 bits per heavy atom. The maximum atomic E-state index is 10.7. The Morgan fingerprint density at radius 1 is 1.60 bits per heavy atom. The second-order valence-corrected chi connectivity index (χ2v) is 3.61. The molecule has 0 saturated carbocycles. The van der Waals surface area contributed by atoms with E-state index in [0.717, 1.165) is 5.69 Å². The number of aliphatic hydroxyl groups excluding tert-OH is 1. The van der Waals surface area contributed by atoms with Crippen LogP contribution >= 0.6 is 0 Å². The summed E-state index contributed by atoms with van der Waals surface area (Å²) in [6.07, 6.45) is -0.396. The van der Waals surface area contributed by atoms with Crippen LogP contribution in [0, 0.1) is 17.0 Å². The smallest absolute Gasteiger partial charge is 0.311 e. The van der Waals surface area contributed by atoms with Crippen LogP contribution < -0.4 is 4.90 Å². The molecule has 0 bridgehead atoms. The van der Waals surface area contributed by atoms with Gasteiger partial charge >= 0.3 is 5.69 Å². The Balaban J connectivity index is 2.35. The van der Waals surface area contributed by atoms with Crippen LogP contribution in [0.15, 0.2) is 12.1 Å². The van der Waals surface area contributed by atoms with Gasteiger partial charge < -0.3 is 10.0 Å². The van der Waals surface area contributed by atoms with Crippen molar-refractivity contribution in [3.63, 3.8) is 0 Å². The summed E-state index contributed by atoms with van der Waals surface area (Å²) in [7, 11) is 0. The summed E-state index contributed by atoms with van der Waals surface area (Å²) in [6, 6.07) is 3.06. The summed E-state index contributed by atoms with van der Waals surface area (Å²) in [5.41, 5.74) is 0.726. The fraction of sp³-hybridized carbons (Fsp3) is 0.444. The zero-order valence-electron chi connectivity index (χ0n) is 8.25. The van der Waals surface area contributed by atoms with Crippen molar-refractivity contribution in [1.29, 1.82) is 0 Å². The molecule has 0 unspecified atom stereocenters. The van der Waals surface area contributed by atoms with Crippen LogP contribution in [0.25, 0.3) is 0 Å². The molecule has 1 aromatic rings. The van der Waals surface area contributed by atoms with Gasteiger partial charge in [-0.25, -0.2) is 4.98 Å². The summed E-state index contributed by atoms with van der Waals surface area (Å²) in [5, 5.41) is 19.9. The number of aromatic nitrogens is 1. The summed E-state index contributed by atoms with van der Waals surface area (Å²) in [6.45, 7) is 2.61. The van der Waals surface area contributed by atoms with Crippen LogP contribution in [0.4, 0.5) is 11.5 Å². The first-order valence-electron chi connectivity index (χ1n) is 4.63. The molecule has 0 aromatic carbocycles. The number of nitrogens with zero attached hydrogens (tertiary/aromatic N) is 3. The second-order valence-electron chi connectivity index (χ2n) is 3.61. The van der Waals surface area contributed by atoms with Crippen molar-refractivity contribution < 1.29 is 10.0 Å². The van der Waals surface area contributed by atoms with Gasteiger partial charge in [-0.05, 0) is 13.0 Å². The predicted molar refractivity (Wildman–Crippen MR) is 53.8 cm³/mol. The van der Waals surface area contributed by atoms with E-state index < -0.39 is 11.0 Å². The molecule has 2 heterocycles. The summed E-state index contributed by atoms with van der Waals surface area (Å²) in [4.78, 5) is 16.1. The van der Waals surface area contributed by atoms with Crippen molar-refractivity contribution in [2.24, 2.45) is 0 Å². The maximum Gasteiger partial charge on any atom is 0.311 e. The molecule has 2 rings (SSSR count). The van der Waals surface area contributed by atoms with Crippen molar-refractivity contribution in [3.05, 3.63) is 27.9 Å². The van der Waals surface area contributed by atoms with Crippen molar-refractivity contribution in [1.82, 2.24) is 4.98 Å². The minimum Gasteiger partial charge on any atom is -0.389 e. The third kappa shape index (κ3) is 1.75. The Hall–Kier alpha value is -1.69. The third-order valence-corrected chi connectivity index (χ3v) is 2.35. The lowest BCUT2D eigenvalue weighted by molar-refractivity contribution is -0.384. The molecule has 6 heteroatoms. The van der Waals surface area contributed by atoms with Gasteiger partial charge in [0.1, 0.15) is 0 Å². The van der Waals surface area contributed by atoms with Gasteiger partial charge in [-0.1, -0.05) is 0 Å². The molecule has 6 nitrogen and oxygen atoms in total. The van der Waals surface area contributed by atoms with E-state index in [2.05, 4.69) is 4.98 Å². The Bertz CT molecular complexity index is 402. The number of β-amino-alcohol motifs (C(OH)–C–C–N with tert-alkyl or cyclic N) is 1. The Kier molecular flexibility index (Phi) is 2.28. The fourth-order valence-electron chi connectivity index (χ4n) is 1.54. The zero-order chi connectivity index (χ0) is 11.0. The number of hydrogen-bond acceptors (Lipinski definition) is 5. The fourth-order valence-corrected chi connectivity index (χ4v) is 1.54. The van der Waals surface area contributed by atoms with E-state index in [1.165, 1.54) is 6.07 Å². The highest BCUT2D eigenvalue weighted by molar-refractivity contribution is 5.59. The maximum absolute atomic E-state index is 10.7. The molecule has 0 aliphatic carbocycles. The molecule has 1 fully saturated rings. The third-order valence-electron chi connectivity index (χ3n) is 2.35. The summed E-state index contributed by atoms with van der Waals surface area (Å²) in [5.74, 6) is 0.352. The normalized spacial score (nSPS) is 16.3. The average Bonchev–Trinajstić information content (AvgIpc) is 2.12. The van der Waals surface area contributed by atoms with Crippen LogP contribution in [0.1, 0.15) is 5.69 Å². The van der Waals surface area contributed by atoms with E-state index in [1.54, 1.807) is 17.9 Å². The molecule has 0 atom stereocenters. The van der Waals surface area contributed by atoms with Crippen molar-refractivity contribution in [3.8, 4) is 0 Å². The summed E-state index contributed by atoms with van der Waals surface area (Å²) >= 11 is 0. The molecule has 1 aromatic heterocycles. The lowest BCUT2D eigenvalue weighted by Gasteiger charge is -2.36. The standard InChI is InChI=1S/C9H11N3O3/c1-6-2-3-8(12(14)15)9(10-6)11-4-7(13)5-11/h2-3,7,13H,4-5H2,1H3. The van der Waals surface area contributed by atoms with Crippen LogP contribution in [0.5, 0.6) is 0 Å². The van der Waals surface area contributed by atoms with Crippen LogP contribution in [-0.4, -0.2) is 34.2 Å². The highest BCUT2D eigenvalue weighted by Crippen LogP contribution is 2.29. The first-order valence-corrected chi connectivity index (χ1v) is 4.63. The van der Waals surface area contributed by atoms with Gasteiger partial charge in [0.05, 0.1) is 11.0 Å². The number of pyridine rings is 1. The second kappa shape index (κ2) is 3.47. The Morgan fingerprint density at radius 2 is 2.27 bits per heavy atom. The van der Waals surface area contributed by atoms with E-state index in [0.29, 0.717) is 18.9 Å². The van der Waals surface area contributed by atoms with Gasteiger partial charge in [0.25, 0.3) is 0 Å². The molecule has 1 saturated heterocycles. The summed E-state index contributed by atoms with van der Waals surface area (Å²) < 4.78 is 0. The molecule has 80 valence electrons. The number of nitro groups is 1. The highest BCUT2D eigenvalue weighted by atomic mass is 16.6. The van der Waals surface area contributed by atoms with E-state index in [-0.39, 0.29) is 5.69 Å². The lowest BCUT2D eigenvalue weighted by Crippen LogP contribution is -2.51. The number of anilines is 1. The van der Waals surface area contributed by atoms with Crippen molar-refractivity contribution in [2.45, 2.75) is 13.0 Å². The molecule has 15 heavy (non-hydrogen) atoms. The van der Waals surface area contributed by atoms with Gasteiger partial charge in [0, 0.05) is 24.8 Å². The molecule has 0 spiro atoms. The first-order chi connectivity index (χ1) is 7.08. The van der Waals surface area contributed by atoms with Crippen LogP contribution in [-0.2, 0) is 0 Å². The molecule has 0 amide bonds. The molecule has 1 aliphatic rings. The molecule has 0 radical (unpaired) electrons. The minimum absolute atomic E-state index is 0.00694. The van der Waals surface area contributed by atoms with Gasteiger partial charge in [-0.15, -0.1) is 0 Å². The molecule has 1 N–H and O–H groups in total. The SMILES string of the molecule is Cc1ccc([N+](=O)[O-])c(N2CC(O)C2)n1. The zero-order valence-corrected chi connectivity index (χ0v) is 8.25. The number of rotatable bonds is 2. The van der Waals surface area contributed by atoms with E-state index in [9.17, 15) is 10.1 Å². The topological polar surface area (TPSA) is 79.5 Å². The molecular weight excluding hydrogens is 198 g/mol. The quantitative estimate of drug-likeness (QED) is 0.566. The minimum atomic E-state index is -0.452. The van der Waals surface area contributed by atoms with Crippen LogP contribution in [0.2, 0.25) is 0 Å². The lowest BCUT2D eigenvalue weighted by atomic mass is 10.1. The van der Waals surface area contributed by atoms with Crippen LogP contribution in [0.3, 0.4) is 0 Å². The molecule has 1 aliphatic heterocycles. The van der Waals surface area contributed by atoms with E-state index in [4.69, 9.17) is 5.11 Å². The largest absolute Gasteiger partial charge is 0.389 e. The monoisotopic (exact) mass is 209 g/mol. The van der Waals surface area contributed by atoms with Crippen molar-refractivity contribution in [2.75, 3.05) is 18.0 Å². The number of hydrogen-bond donors (Lipinski definition) is 1. The molecular formula is C9H11N3O3. The van der Waals surface area contributed by atoms with Gasteiger partial charge in [0.2, 0.25) is 5.82 Å². The van der Waals surface area contributed by atoms with E-state index >= 15 is 0 Å². The van der Waals surface area contributed by atoms with E-state index in [1.807, 2.05) is 0 Å². The first kappa shape index (κ1) is 9.85. The Labute approximate surface area is 86.3 Å². The highest BCUT2D eigenvalue weighted by Gasteiger charge is 2.31.